The first-order valence-corrected chi connectivity index (χ1v) is 23.3. The van der Waals surface area contributed by atoms with Crippen LogP contribution in [0.4, 0.5) is 22.7 Å². The van der Waals surface area contributed by atoms with Gasteiger partial charge >= 0.3 is 0 Å². The number of nitrogens with one attached hydrogen (secondary N) is 1. The molecule has 7 aromatic carbocycles. The smallest absolute Gasteiger partial charge is 0.159 e. The third-order valence-corrected chi connectivity index (χ3v) is 14.7. The SMILES string of the molecule is C=Cc1c(NC2=c3oc4c(C(C)(C)CC)cccc4c3=CCC2)ccc2ccc3c(N(c4ccc(C(C)C)cc4)c4cccc5c4oc4c(C(C)(C)CC)cccc45)ccc(C)c3c12. The number of para-hydroxylation sites is 3. The zero-order chi connectivity index (χ0) is 44.7. The Labute approximate surface area is 377 Å². The van der Waals surface area contributed by atoms with E-state index in [1.807, 2.05) is 6.08 Å². The summed E-state index contributed by atoms with van der Waals surface area (Å²) in [5.74, 6) is 0.419. The van der Waals surface area contributed by atoms with Gasteiger partial charge in [0.1, 0.15) is 11.2 Å². The molecule has 1 aliphatic rings. The molecule has 4 nitrogen and oxygen atoms in total. The maximum absolute atomic E-state index is 7.12. The predicted octanol–water partition coefficient (Wildman–Crippen LogP) is 16.4. The fourth-order valence-corrected chi connectivity index (χ4v) is 10.1. The van der Waals surface area contributed by atoms with Crippen LogP contribution in [0.5, 0.6) is 0 Å². The first-order chi connectivity index (χ1) is 30.8. The fraction of sp³-hybridized carbons (Fsp3) is 0.267. The van der Waals surface area contributed by atoms with Crippen LogP contribution in [-0.2, 0) is 10.8 Å². The Bertz CT molecular complexity index is 3450. The van der Waals surface area contributed by atoms with Crippen molar-refractivity contribution < 1.29 is 8.83 Å². The summed E-state index contributed by atoms with van der Waals surface area (Å²) >= 11 is 0. The Morgan fingerprint density at radius 1 is 0.672 bits per heavy atom. The minimum Gasteiger partial charge on any atom is -0.454 e. The lowest BCUT2D eigenvalue weighted by atomic mass is 9.81. The number of hydrogen-bond acceptors (Lipinski definition) is 4. The van der Waals surface area contributed by atoms with Crippen molar-refractivity contribution >= 4 is 95.1 Å². The minimum atomic E-state index is -0.0393. The Morgan fingerprint density at radius 2 is 1.31 bits per heavy atom. The summed E-state index contributed by atoms with van der Waals surface area (Å²) in [5, 5.41) is 13.3. The first kappa shape index (κ1) is 41.5. The second kappa shape index (κ2) is 15.6. The Kier molecular flexibility index (Phi) is 10.1. The van der Waals surface area contributed by atoms with Gasteiger partial charge in [-0.25, -0.2) is 0 Å². The molecule has 0 saturated heterocycles. The topological polar surface area (TPSA) is 41.6 Å². The third kappa shape index (κ3) is 6.56. The van der Waals surface area contributed by atoms with Gasteiger partial charge in [0.05, 0.1) is 17.1 Å². The van der Waals surface area contributed by atoms with Crippen LogP contribution in [0.25, 0.3) is 72.3 Å². The maximum Gasteiger partial charge on any atom is 0.159 e. The lowest BCUT2D eigenvalue weighted by Gasteiger charge is -2.28. The molecule has 0 radical (unpaired) electrons. The number of hydrogen-bond donors (Lipinski definition) is 1. The van der Waals surface area contributed by atoms with Crippen LogP contribution in [0.15, 0.2) is 131 Å². The highest BCUT2D eigenvalue weighted by molar-refractivity contribution is 6.19. The second-order valence-corrected chi connectivity index (χ2v) is 19.6. The highest BCUT2D eigenvalue weighted by Crippen LogP contribution is 2.48. The molecule has 4 heteroatoms. The number of aryl methyl sites for hydroxylation is 1. The highest BCUT2D eigenvalue weighted by atomic mass is 16.3. The standard InChI is InChI=1S/C60H60N2O2/c1-11-41-49(61-50-24-16-20-44-42-18-14-22-47(59(7,8)12-2)55(42)63-57(44)50)34-30-39-29-33-46-51(35-26-37(6)53(46)54(39)41)62(40-31-27-38(28-32-40)36(4)5)52-25-17-21-45-43-19-15-23-48(60(9,10)13-3)56(43)64-58(45)52/h11,14-15,17-23,25-36,61H,1,12-13,16,24H2,2-10H3. The zero-order valence-electron chi connectivity index (χ0n) is 39.0. The number of anilines is 4. The molecule has 0 aliphatic heterocycles. The van der Waals surface area contributed by atoms with Crippen molar-refractivity contribution in [2.75, 3.05) is 10.2 Å². The van der Waals surface area contributed by atoms with E-state index < -0.39 is 0 Å². The van der Waals surface area contributed by atoms with Gasteiger partial charge in [0.2, 0.25) is 0 Å². The molecule has 0 amide bonds. The van der Waals surface area contributed by atoms with Crippen LogP contribution in [0.3, 0.4) is 0 Å². The van der Waals surface area contributed by atoms with E-state index in [2.05, 4.69) is 200 Å². The summed E-state index contributed by atoms with van der Waals surface area (Å²) < 4.78 is 14.0. The summed E-state index contributed by atoms with van der Waals surface area (Å²) in [6.07, 6.45) is 8.22. The van der Waals surface area contributed by atoms with E-state index in [0.29, 0.717) is 5.92 Å². The third-order valence-electron chi connectivity index (χ3n) is 14.7. The van der Waals surface area contributed by atoms with Crippen LogP contribution < -0.4 is 20.9 Å². The fourth-order valence-electron chi connectivity index (χ4n) is 10.1. The lowest BCUT2D eigenvalue weighted by Crippen LogP contribution is -2.28. The van der Waals surface area contributed by atoms with Crippen LogP contribution >= 0.6 is 0 Å². The van der Waals surface area contributed by atoms with Crippen molar-refractivity contribution in [1.82, 2.24) is 0 Å². The van der Waals surface area contributed by atoms with Gasteiger partial charge in [0, 0.05) is 54.8 Å². The average molecular weight is 841 g/mol. The quantitative estimate of drug-likeness (QED) is 0.132. The van der Waals surface area contributed by atoms with E-state index in [1.165, 1.54) is 49.0 Å². The van der Waals surface area contributed by atoms with Crippen molar-refractivity contribution in [1.29, 1.82) is 0 Å². The van der Waals surface area contributed by atoms with Gasteiger partial charge in [-0.1, -0.05) is 159 Å². The van der Waals surface area contributed by atoms with E-state index in [1.54, 1.807) is 0 Å². The molecule has 1 aliphatic carbocycles. The molecule has 322 valence electrons. The van der Waals surface area contributed by atoms with Gasteiger partial charge < -0.3 is 19.1 Å². The van der Waals surface area contributed by atoms with Crippen LogP contribution in [0.2, 0.25) is 0 Å². The largest absolute Gasteiger partial charge is 0.454 e. The molecule has 0 atom stereocenters. The molecule has 0 unspecified atom stereocenters. The molecule has 1 N–H and O–H groups in total. The molecule has 2 aromatic heterocycles. The molecular formula is C60H60N2O2. The summed E-state index contributed by atoms with van der Waals surface area (Å²) in [5.41, 5.74) is 15.1. The Balaban J connectivity index is 1.20. The van der Waals surface area contributed by atoms with Crippen LogP contribution in [-0.4, -0.2) is 0 Å². The Morgan fingerprint density at radius 3 is 1.98 bits per heavy atom. The number of fused-ring (bicyclic) bond motifs is 9. The van der Waals surface area contributed by atoms with Crippen molar-refractivity contribution in [3.63, 3.8) is 0 Å². The number of nitrogens with zero attached hydrogens (tertiary/aromatic N) is 1. The van der Waals surface area contributed by atoms with Gasteiger partial charge in [-0.05, 0) is 107 Å². The van der Waals surface area contributed by atoms with Crippen LogP contribution in [0.1, 0.15) is 115 Å². The Hall–Kier alpha value is -6.52. The number of benzene rings is 7. The van der Waals surface area contributed by atoms with Crippen molar-refractivity contribution in [2.45, 2.75) is 105 Å². The predicted molar refractivity (Wildman–Crippen MR) is 275 cm³/mol. The highest BCUT2D eigenvalue weighted by Gasteiger charge is 2.28. The lowest BCUT2D eigenvalue weighted by molar-refractivity contribution is 0.490. The monoisotopic (exact) mass is 840 g/mol. The van der Waals surface area contributed by atoms with Crippen molar-refractivity contribution in [3.8, 4) is 0 Å². The summed E-state index contributed by atoms with van der Waals surface area (Å²) in [4.78, 5) is 2.41. The van der Waals surface area contributed by atoms with E-state index in [9.17, 15) is 0 Å². The van der Waals surface area contributed by atoms with Crippen molar-refractivity contribution in [2.24, 2.45) is 0 Å². The van der Waals surface area contributed by atoms with E-state index in [4.69, 9.17) is 8.83 Å². The normalized spacial score (nSPS) is 13.4. The molecule has 0 spiro atoms. The molecule has 10 rings (SSSR count). The summed E-state index contributed by atoms with van der Waals surface area (Å²) in [7, 11) is 0. The zero-order valence-corrected chi connectivity index (χ0v) is 39.0. The molecule has 64 heavy (non-hydrogen) atoms. The second-order valence-electron chi connectivity index (χ2n) is 19.6. The van der Waals surface area contributed by atoms with Crippen LogP contribution in [0, 0.1) is 6.92 Å². The summed E-state index contributed by atoms with van der Waals surface area (Å²) in [6.45, 7) is 24.9. The van der Waals surface area contributed by atoms with Gasteiger partial charge in [0.25, 0.3) is 0 Å². The molecular weight excluding hydrogens is 781 g/mol. The maximum atomic E-state index is 7.12. The van der Waals surface area contributed by atoms with Crippen molar-refractivity contribution in [3.05, 3.63) is 160 Å². The van der Waals surface area contributed by atoms with E-state index >= 15 is 0 Å². The number of rotatable bonds is 11. The average Bonchev–Trinajstić information content (AvgIpc) is 3.89. The van der Waals surface area contributed by atoms with E-state index in [0.717, 1.165) is 98.0 Å². The minimum absolute atomic E-state index is 0.000730. The molecule has 0 saturated carbocycles. The van der Waals surface area contributed by atoms with Gasteiger partial charge in [-0.3, -0.25) is 0 Å². The molecule has 2 heterocycles. The molecule has 0 fully saturated rings. The first-order valence-electron chi connectivity index (χ1n) is 23.3. The summed E-state index contributed by atoms with van der Waals surface area (Å²) in [6, 6.07) is 42.5. The van der Waals surface area contributed by atoms with Gasteiger partial charge in [0.15, 0.2) is 11.0 Å². The van der Waals surface area contributed by atoms with Gasteiger partial charge in [-0.2, -0.15) is 0 Å². The molecule has 9 aromatic rings. The molecule has 0 bridgehead atoms. The number of furan rings is 2. The van der Waals surface area contributed by atoms with Gasteiger partial charge in [-0.15, -0.1) is 0 Å². The van der Waals surface area contributed by atoms with E-state index in [-0.39, 0.29) is 10.8 Å².